The fourth-order valence-electron chi connectivity index (χ4n) is 3.87. The Labute approximate surface area is 197 Å². The second-order valence-corrected chi connectivity index (χ2v) is 10.7. The standard InChI is InChI=1S/C27H32N2O3S/c1-18(2)24-9-7-8-21(5)27(24)28-26(30)17-29(25-15-12-20(4)16-22(25)6)33(31,32)23-13-10-19(3)11-14-23/h7-16,18H,17H2,1-6H3,(H,28,30). The van der Waals surface area contributed by atoms with Crippen molar-refractivity contribution in [1.82, 2.24) is 0 Å². The Kier molecular flexibility index (Phi) is 7.28. The number of aryl methyl sites for hydroxylation is 4. The molecule has 0 aliphatic heterocycles. The van der Waals surface area contributed by atoms with Gasteiger partial charge in [-0.25, -0.2) is 8.42 Å². The van der Waals surface area contributed by atoms with Gasteiger partial charge in [0.1, 0.15) is 6.54 Å². The number of carbonyl (C=O) groups excluding carboxylic acids is 1. The van der Waals surface area contributed by atoms with Gasteiger partial charge in [0.15, 0.2) is 0 Å². The molecule has 0 aromatic heterocycles. The summed E-state index contributed by atoms with van der Waals surface area (Å²) in [6.07, 6.45) is 0. The average molecular weight is 465 g/mol. The molecule has 5 nitrogen and oxygen atoms in total. The minimum atomic E-state index is -3.96. The molecule has 0 saturated carbocycles. The summed E-state index contributed by atoms with van der Waals surface area (Å²) in [6, 6.07) is 18.1. The fraction of sp³-hybridized carbons (Fsp3) is 0.296. The van der Waals surface area contributed by atoms with Gasteiger partial charge in [-0.15, -0.1) is 0 Å². The van der Waals surface area contributed by atoms with Crippen molar-refractivity contribution < 1.29 is 13.2 Å². The van der Waals surface area contributed by atoms with Gasteiger partial charge in [-0.1, -0.05) is 67.4 Å². The summed E-state index contributed by atoms with van der Waals surface area (Å²) in [4.78, 5) is 13.4. The molecule has 1 amide bonds. The third-order valence-corrected chi connectivity index (χ3v) is 7.48. The second kappa shape index (κ2) is 9.79. The van der Waals surface area contributed by atoms with Crippen molar-refractivity contribution in [3.8, 4) is 0 Å². The Balaban J connectivity index is 2.02. The first-order valence-electron chi connectivity index (χ1n) is 11.1. The van der Waals surface area contributed by atoms with Gasteiger partial charge in [-0.05, 0) is 68.5 Å². The van der Waals surface area contributed by atoms with E-state index in [1.165, 1.54) is 4.31 Å². The first-order chi connectivity index (χ1) is 15.5. The third kappa shape index (κ3) is 5.45. The van der Waals surface area contributed by atoms with Crippen molar-refractivity contribution in [1.29, 1.82) is 0 Å². The van der Waals surface area contributed by atoms with Crippen LogP contribution >= 0.6 is 0 Å². The van der Waals surface area contributed by atoms with E-state index < -0.39 is 10.0 Å². The van der Waals surface area contributed by atoms with Gasteiger partial charge in [0.05, 0.1) is 10.6 Å². The highest BCUT2D eigenvalue weighted by molar-refractivity contribution is 7.92. The molecule has 3 aromatic carbocycles. The molecule has 0 aliphatic carbocycles. The van der Waals surface area contributed by atoms with Crippen LogP contribution in [0.25, 0.3) is 0 Å². The van der Waals surface area contributed by atoms with Crippen LogP contribution in [0.2, 0.25) is 0 Å². The number of sulfonamides is 1. The fourth-order valence-corrected chi connectivity index (χ4v) is 5.36. The lowest BCUT2D eigenvalue weighted by Gasteiger charge is -2.26. The molecule has 0 radical (unpaired) electrons. The maximum atomic E-state index is 13.7. The number of anilines is 2. The van der Waals surface area contributed by atoms with E-state index in [0.717, 1.165) is 33.5 Å². The first-order valence-corrected chi connectivity index (χ1v) is 12.5. The van der Waals surface area contributed by atoms with Crippen LogP contribution in [0.1, 0.15) is 47.6 Å². The van der Waals surface area contributed by atoms with E-state index in [0.29, 0.717) is 5.69 Å². The quantitative estimate of drug-likeness (QED) is 0.475. The Morgan fingerprint density at radius 1 is 0.879 bits per heavy atom. The van der Waals surface area contributed by atoms with Crippen LogP contribution in [0.3, 0.4) is 0 Å². The van der Waals surface area contributed by atoms with Gasteiger partial charge in [0.2, 0.25) is 5.91 Å². The summed E-state index contributed by atoms with van der Waals surface area (Å²) in [5, 5.41) is 2.98. The minimum Gasteiger partial charge on any atom is -0.324 e. The maximum absolute atomic E-state index is 13.7. The van der Waals surface area contributed by atoms with Crippen molar-refractivity contribution in [2.45, 2.75) is 52.4 Å². The molecule has 0 bridgehead atoms. The van der Waals surface area contributed by atoms with Crippen LogP contribution in [-0.4, -0.2) is 20.9 Å². The molecule has 6 heteroatoms. The first kappa shape index (κ1) is 24.5. The smallest absolute Gasteiger partial charge is 0.264 e. The van der Waals surface area contributed by atoms with Crippen LogP contribution in [0.4, 0.5) is 11.4 Å². The SMILES string of the molecule is Cc1ccc(S(=O)(=O)N(CC(=O)Nc2c(C)cccc2C(C)C)c2ccc(C)cc2C)cc1. The minimum absolute atomic E-state index is 0.152. The highest BCUT2D eigenvalue weighted by Gasteiger charge is 2.28. The summed E-state index contributed by atoms with van der Waals surface area (Å²) < 4.78 is 28.5. The molecule has 33 heavy (non-hydrogen) atoms. The largest absolute Gasteiger partial charge is 0.324 e. The van der Waals surface area contributed by atoms with Crippen LogP contribution in [0.15, 0.2) is 65.6 Å². The topological polar surface area (TPSA) is 66.5 Å². The van der Waals surface area contributed by atoms with Crippen molar-refractivity contribution in [3.05, 3.63) is 88.5 Å². The lowest BCUT2D eigenvalue weighted by Crippen LogP contribution is -2.38. The van der Waals surface area contributed by atoms with Gasteiger partial charge >= 0.3 is 0 Å². The van der Waals surface area contributed by atoms with E-state index in [-0.39, 0.29) is 23.3 Å². The molecule has 0 fully saturated rings. The molecule has 0 spiro atoms. The molecular weight excluding hydrogens is 432 g/mol. The van der Waals surface area contributed by atoms with Gasteiger partial charge in [0, 0.05) is 5.69 Å². The van der Waals surface area contributed by atoms with Crippen LogP contribution in [-0.2, 0) is 14.8 Å². The van der Waals surface area contributed by atoms with Gasteiger partial charge < -0.3 is 5.32 Å². The van der Waals surface area contributed by atoms with E-state index in [1.807, 2.05) is 58.0 Å². The monoisotopic (exact) mass is 464 g/mol. The van der Waals surface area contributed by atoms with Crippen LogP contribution in [0, 0.1) is 27.7 Å². The van der Waals surface area contributed by atoms with Crippen LogP contribution < -0.4 is 9.62 Å². The molecule has 0 atom stereocenters. The van der Waals surface area contributed by atoms with Gasteiger partial charge in [-0.3, -0.25) is 9.10 Å². The number of hydrogen-bond acceptors (Lipinski definition) is 3. The predicted octanol–water partition coefficient (Wildman–Crippen LogP) is 5.88. The number of nitrogens with zero attached hydrogens (tertiary/aromatic N) is 1. The third-order valence-electron chi connectivity index (χ3n) is 5.71. The molecule has 0 unspecified atom stereocenters. The predicted molar refractivity (Wildman–Crippen MR) is 136 cm³/mol. The molecule has 3 aromatic rings. The molecule has 0 heterocycles. The number of rotatable bonds is 7. The average Bonchev–Trinajstić information content (AvgIpc) is 2.74. The molecule has 1 N–H and O–H groups in total. The maximum Gasteiger partial charge on any atom is 0.264 e. The molecule has 3 rings (SSSR count). The number of para-hydroxylation sites is 1. The van der Waals surface area contributed by atoms with Gasteiger partial charge in [0.25, 0.3) is 10.0 Å². The number of benzene rings is 3. The van der Waals surface area contributed by atoms with Gasteiger partial charge in [-0.2, -0.15) is 0 Å². The van der Waals surface area contributed by atoms with E-state index in [9.17, 15) is 13.2 Å². The number of hydrogen-bond donors (Lipinski definition) is 1. The lowest BCUT2D eigenvalue weighted by molar-refractivity contribution is -0.114. The Bertz CT molecular complexity index is 1260. The summed E-state index contributed by atoms with van der Waals surface area (Å²) in [5.41, 5.74) is 5.96. The number of nitrogens with one attached hydrogen (secondary N) is 1. The summed E-state index contributed by atoms with van der Waals surface area (Å²) >= 11 is 0. The van der Waals surface area contributed by atoms with E-state index in [4.69, 9.17) is 0 Å². The normalized spacial score (nSPS) is 11.5. The molecule has 0 aliphatic rings. The zero-order valence-electron chi connectivity index (χ0n) is 20.1. The summed E-state index contributed by atoms with van der Waals surface area (Å²) in [5.74, 6) is -0.172. The van der Waals surface area contributed by atoms with E-state index in [1.54, 1.807) is 30.3 Å². The Morgan fingerprint density at radius 2 is 1.52 bits per heavy atom. The number of amides is 1. The van der Waals surface area contributed by atoms with E-state index >= 15 is 0 Å². The van der Waals surface area contributed by atoms with E-state index in [2.05, 4.69) is 19.2 Å². The van der Waals surface area contributed by atoms with Crippen molar-refractivity contribution >= 4 is 27.3 Å². The summed E-state index contributed by atoms with van der Waals surface area (Å²) in [7, 11) is -3.96. The lowest BCUT2D eigenvalue weighted by atomic mass is 9.98. The molecule has 0 saturated heterocycles. The highest BCUT2D eigenvalue weighted by atomic mass is 32.2. The van der Waals surface area contributed by atoms with Crippen molar-refractivity contribution in [2.24, 2.45) is 0 Å². The molecule has 174 valence electrons. The van der Waals surface area contributed by atoms with Crippen LogP contribution in [0.5, 0.6) is 0 Å². The highest BCUT2D eigenvalue weighted by Crippen LogP contribution is 2.30. The van der Waals surface area contributed by atoms with Crippen molar-refractivity contribution in [3.63, 3.8) is 0 Å². The zero-order chi connectivity index (χ0) is 24.3. The molecular formula is C27H32N2O3S. The Morgan fingerprint density at radius 3 is 2.12 bits per heavy atom. The van der Waals surface area contributed by atoms with Crippen molar-refractivity contribution in [2.75, 3.05) is 16.2 Å². The zero-order valence-corrected chi connectivity index (χ0v) is 21.0. The Hall–Kier alpha value is -3.12. The second-order valence-electron chi connectivity index (χ2n) is 8.86. The number of carbonyl (C=O) groups is 1. The summed E-state index contributed by atoms with van der Waals surface area (Å²) in [6.45, 7) is 11.4.